The second kappa shape index (κ2) is 5.49. The summed E-state index contributed by atoms with van der Waals surface area (Å²) in [6.07, 6.45) is 0.496. The molecule has 5 nitrogen and oxygen atoms in total. The lowest BCUT2D eigenvalue weighted by Gasteiger charge is -2.23. The van der Waals surface area contributed by atoms with Crippen LogP contribution in [0.5, 0.6) is 0 Å². The third-order valence-electron chi connectivity index (χ3n) is 3.49. The van der Waals surface area contributed by atoms with Crippen molar-refractivity contribution in [3.8, 4) is 0 Å². The zero-order valence-corrected chi connectivity index (χ0v) is 12.7. The molecule has 2 N–H and O–H groups in total. The molecular formula is C13H16N2O3S2. The molecule has 0 bridgehead atoms. The van der Waals surface area contributed by atoms with Crippen LogP contribution in [0.2, 0.25) is 0 Å². The van der Waals surface area contributed by atoms with Gasteiger partial charge in [-0.25, -0.2) is 8.42 Å². The maximum absolute atomic E-state index is 12.3. The van der Waals surface area contributed by atoms with E-state index in [-0.39, 0.29) is 28.4 Å². The summed E-state index contributed by atoms with van der Waals surface area (Å²) in [4.78, 5) is 14.1. The summed E-state index contributed by atoms with van der Waals surface area (Å²) in [6.45, 7) is 0. The molecule has 0 saturated carbocycles. The van der Waals surface area contributed by atoms with Crippen molar-refractivity contribution in [2.75, 3.05) is 18.6 Å². The summed E-state index contributed by atoms with van der Waals surface area (Å²) in [5, 5.41) is 0. The molecule has 0 spiro atoms. The van der Waals surface area contributed by atoms with Crippen LogP contribution in [0.15, 0.2) is 24.3 Å². The largest absolute Gasteiger partial charge is 0.389 e. The van der Waals surface area contributed by atoms with Gasteiger partial charge in [-0.1, -0.05) is 24.4 Å². The molecule has 1 unspecified atom stereocenters. The van der Waals surface area contributed by atoms with Crippen LogP contribution >= 0.6 is 12.2 Å². The van der Waals surface area contributed by atoms with E-state index < -0.39 is 9.84 Å². The Balaban J connectivity index is 2.13. The minimum absolute atomic E-state index is 0.0419. The fraction of sp³-hybridized carbons (Fsp3) is 0.385. The standard InChI is InChI=1S/C13H16N2O3S2/c1-15(11-6-7-20(17,18)8-11)13(16)10-4-2-9(3-5-10)12(14)19/h2-5,11H,6-8H2,1H3,(H2,14,19). The highest BCUT2D eigenvalue weighted by molar-refractivity contribution is 7.91. The Morgan fingerprint density at radius 2 is 1.85 bits per heavy atom. The highest BCUT2D eigenvalue weighted by Crippen LogP contribution is 2.18. The number of rotatable bonds is 3. The number of benzene rings is 1. The van der Waals surface area contributed by atoms with Crippen LogP contribution < -0.4 is 5.73 Å². The van der Waals surface area contributed by atoms with Gasteiger partial charge < -0.3 is 10.6 Å². The number of hydrogen-bond acceptors (Lipinski definition) is 4. The molecule has 1 aliphatic rings. The summed E-state index contributed by atoms with van der Waals surface area (Å²) < 4.78 is 22.9. The lowest BCUT2D eigenvalue weighted by molar-refractivity contribution is 0.0747. The molecule has 1 amide bonds. The van der Waals surface area contributed by atoms with E-state index in [1.807, 2.05) is 0 Å². The number of carbonyl (C=O) groups excluding carboxylic acids is 1. The van der Waals surface area contributed by atoms with Gasteiger partial charge in [-0.05, 0) is 18.6 Å². The first-order chi connectivity index (χ1) is 9.30. The molecule has 1 fully saturated rings. The third kappa shape index (κ3) is 3.16. The van der Waals surface area contributed by atoms with Crippen LogP contribution in [-0.4, -0.2) is 48.8 Å². The van der Waals surface area contributed by atoms with Crippen LogP contribution in [0.25, 0.3) is 0 Å². The van der Waals surface area contributed by atoms with E-state index in [1.165, 1.54) is 4.90 Å². The molecule has 1 aromatic rings. The smallest absolute Gasteiger partial charge is 0.253 e. The van der Waals surface area contributed by atoms with Crippen LogP contribution in [0.3, 0.4) is 0 Å². The van der Waals surface area contributed by atoms with Crippen molar-refractivity contribution in [2.24, 2.45) is 5.73 Å². The molecule has 1 atom stereocenters. The highest BCUT2D eigenvalue weighted by atomic mass is 32.2. The fourth-order valence-corrected chi connectivity index (χ4v) is 4.14. The Morgan fingerprint density at radius 3 is 2.30 bits per heavy atom. The first-order valence-electron chi connectivity index (χ1n) is 6.17. The SMILES string of the molecule is CN(C(=O)c1ccc(C(N)=S)cc1)C1CCS(=O)(=O)C1. The van der Waals surface area contributed by atoms with E-state index in [9.17, 15) is 13.2 Å². The number of nitrogens with zero attached hydrogens (tertiary/aromatic N) is 1. The van der Waals surface area contributed by atoms with E-state index >= 15 is 0 Å². The zero-order valence-electron chi connectivity index (χ0n) is 11.1. The summed E-state index contributed by atoms with van der Waals surface area (Å²) in [5.41, 5.74) is 6.69. The second-order valence-electron chi connectivity index (χ2n) is 4.91. The van der Waals surface area contributed by atoms with E-state index in [0.717, 1.165) is 0 Å². The molecule has 2 rings (SSSR count). The predicted molar refractivity (Wildman–Crippen MR) is 81.5 cm³/mol. The van der Waals surface area contributed by atoms with Gasteiger partial charge in [0, 0.05) is 24.2 Å². The minimum Gasteiger partial charge on any atom is -0.389 e. The van der Waals surface area contributed by atoms with Crippen molar-refractivity contribution in [1.82, 2.24) is 4.90 Å². The quantitative estimate of drug-likeness (QED) is 0.826. The molecule has 0 aliphatic carbocycles. The van der Waals surface area contributed by atoms with Gasteiger partial charge in [0.15, 0.2) is 9.84 Å². The van der Waals surface area contributed by atoms with Gasteiger partial charge in [0.2, 0.25) is 0 Å². The van der Waals surface area contributed by atoms with E-state index in [1.54, 1.807) is 31.3 Å². The van der Waals surface area contributed by atoms with Crippen molar-refractivity contribution in [1.29, 1.82) is 0 Å². The van der Waals surface area contributed by atoms with Gasteiger partial charge >= 0.3 is 0 Å². The van der Waals surface area contributed by atoms with E-state index in [2.05, 4.69) is 0 Å². The van der Waals surface area contributed by atoms with Gasteiger partial charge in [-0.3, -0.25) is 4.79 Å². The number of nitrogens with two attached hydrogens (primary N) is 1. The Labute approximate surface area is 123 Å². The molecule has 1 aliphatic heterocycles. The summed E-state index contributed by atoms with van der Waals surface area (Å²) in [5.74, 6) is -0.00262. The number of hydrogen-bond donors (Lipinski definition) is 1. The number of thiocarbonyl (C=S) groups is 1. The average molecular weight is 312 g/mol. The fourth-order valence-electron chi connectivity index (χ4n) is 2.23. The first-order valence-corrected chi connectivity index (χ1v) is 8.40. The molecule has 108 valence electrons. The van der Waals surface area contributed by atoms with E-state index in [4.69, 9.17) is 18.0 Å². The molecule has 1 aromatic carbocycles. The van der Waals surface area contributed by atoms with Crippen LogP contribution in [0.1, 0.15) is 22.3 Å². The molecular weight excluding hydrogens is 296 g/mol. The monoisotopic (exact) mass is 312 g/mol. The van der Waals surface area contributed by atoms with Gasteiger partial charge in [-0.2, -0.15) is 0 Å². The third-order valence-corrected chi connectivity index (χ3v) is 5.48. The van der Waals surface area contributed by atoms with Crippen LogP contribution in [-0.2, 0) is 9.84 Å². The molecule has 7 heteroatoms. The predicted octanol–water partition coefficient (Wildman–Crippen LogP) is 0.580. The number of carbonyl (C=O) groups is 1. The van der Waals surface area contributed by atoms with Crippen LogP contribution in [0.4, 0.5) is 0 Å². The van der Waals surface area contributed by atoms with E-state index in [0.29, 0.717) is 17.5 Å². The zero-order chi connectivity index (χ0) is 14.9. The summed E-state index contributed by atoms with van der Waals surface area (Å²) in [7, 11) is -1.37. The minimum atomic E-state index is -3.00. The number of amides is 1. The summed E-state index contributed by atoms with van der Waals surface area (Å²) in [6, 6.07) is 6.43. The topological polar surface area (TPSA) is 80.5 Å². The van der Waals surface area contributed by atoms with Crippen molar-refractivity contribution < 1.29 is 13.2 Å². The average Bonchev–Trinajstić information content (AvgIpc) is 2.77. The lowest BCUT2D eigenvalue weighted by atomic mass is 10.1. The maximum atomic E-state index is 12.3. The Morgan fingerprint density at radius 1 is 1.30 bits per heavy atom. The summed E-state index contributed by atoms with van der Waals surface area (Å²) >= 11 is 4.85. The first kappa shape index (κ1) is 14.9. The van der Waals surface area contributed by atoms with Gasteiger partial charge in [-0.15, -0.1) is 0 Å². The number of sulfone groups is 1. The molecule has 0 radical (unpaired) electrons. The lowest BCUT2D eigenvalue weighted by Crippen LogP contribution is -2.37. The highest BCUT2D eigenvalue weighted by Gasteiger charge is 2.32. The normalized spacial score (nSPS) is 20.6. The van der Waals surface area contributed by atoms with Crippen LogP contribution in [0, 0.1) is 0 Å². The Bertz CT molecular complexity index is 638. The van der Waals surface area contributed by atoms with Crippen molar-refractivity contribution in [3.05, 3.63) is 35.4 Å². The van der Waals surface area contributed by atoms with Gasteiger partial charge in [0.05, 0.1) is 11.5 Å². The Kier molecular flexibility index (Phi) is 4.10. The van der Waals surface area contributed by atoms with Crippen molar-refractivity contribution in [3.63, 3.8) is 0 Å². The maximum Gasteiger partial charge on any atom is 0.253 e. The van der Waals surface area contributed by atoms with Gasteiger partial charge in [0.25, 0.3) is 5.91 Å². The molecule has 0 aromatic heterocycles. The van der Waals surface area contributed by atoms with Crippen molar-refractivity contribution >= 4 is 33.0 Å². The molecule has 20 heavy (non-hydrogen) atoms. The molecule has 1 saturated heterocycles. The van der Waals surface area contributed by atoms with Crippen molar-refractivity contribution in [2.45, 2.75) is 12.5 Å². The second-order valence-corrected chi connectivity index (χ2v) is 7.58. The molecule has 1 heterocycles. The Hall–Kier alpha value is -1.47. The van der Waals surface area contributed by atoms with Gasteiger partial charge in [0.1, 0.15) is 4.99 Å².